The number of carbonyl (C=O) groups is 1. The second kappa shape index (κ2) is 5.78. The van der Waals surface area contributed by atoms with Gasteiger partial charge in [0.25, 0.3) is 0 Å². The molecule has 0 aliphatic carbocycles. The molecule has 3 nitrogen and oxygen atoms in total. The summed E-state index contributed by atoms with van der Waals surface area (Å²) in [5.74, 6) is 0.778. The SMILES string of the molecule is CC1CCC(CN)CN1C(=O)C1Cc2ccccc2S1. The molecule has 1 amide bonds. The van der Waals surface area contributed by atoms with Crippen LogP contribution in [0.4, 0.5) is 0 Å². The molecule has 1 aromatic rings. The van der Waals surface area contributed by atoms with Gasteiger partial charge in [0.1, 0.15) is 0 Å². The highest BCUT2D eigenvalue weighted by atomic mass is 32.2. The van der Waals surface area contributed by atoms with Gasteiger partial charge in [-0.15, -0.1) is 11.8 Å². The first kappa shape index (κ1) is 14.0. The number of hydrogen-bond donors (Lipinski definition) is 1. The first-order valence-corrected chi connectivity index (χ1v) is 8.32. The van der Waals surface area contributed by atoms with Crippen molar-refractivity contribution in [3.8, 4) is 0 Å². The van der Waals surface area contributed by atoms with Crippen LogP contribution in [0.25, 0.3) is 0 Å². The average Bonchev–Trinajstić information content (AvgIpc) is 2.91. The molecule has 108 valence electrons. The number of nitrogens with two attached hydrogens (primary N) is 1. The van der Waals surface area contributed by atoms with Crippen LogP contribution in [0.1, 0.15) is 25.3 Å². The molecule has 1 aromatic carbocycles. The number of hydrogen-bond acceptors (Lipinski definition) is 3. The zero-order valence-corrected chi connectivity index (χ0v) is 12.7. The largest absolute Gasteiger partial charge is 0.339 e. The Labute approximate surface area is 124 Å². The van der Waals surface area contributed by atoms with Crippen molar-refractivity contribution in [2.75, 3.05) is 13.1 Å². The van der Waals surface area contributed by atoms with Gasteiger partial charge in [-0.25, -0.2) is 0 Å². The third kappa shape index (κ3) is 2.59. The van der Waals surface area contributed by atoms with E-state index in [0.29, 0.717) is 24.4 Å². The maximum atomic E-state index is 12.8. The Hall–Kier alpha value is -1.00. The first-order chi connectivity index (χ1) is 9.69. The Bertz CT molecular complexity index is 480. The van der Waals surface area contributed by atoms with Gasteiger partial charge < -0.3 is 10.6 Å². The lowest BCUT2D eigenvalue weighted by molar-refractivity contribution is -0.134. The minimum atomic E-state index is 0.0615. The number of likely N-dealkylation sites (tertiary alicyclic amines) is 1. The lowest BCUT2D eigenvalue weighted by atomic mass is 9.93. The van der Waals surface area contributed by atoms with E-state index in [-0.39, 0.29) is 5.25 Å². The van der Waals surface area contributed by atoms with E-state index >= 15 is 0 Å². The van der Waals surface area contributed by atoms with Gasteiger partial charge in [-0.1, -0.05) is 18.2 Å². The molecule has 0 spiro atoms. The Morgan fingerprint density at radius 1 is 1.40 bits per heavy atom. The van der Waals surface area contributed by atoms with E-state index in [9.17, 15) is 4.79 Å². The van der Waals surface area contributed by atoms with Crippen molar-refractivity contribution >= 4 is 17.7 Å². The highest BCUT2D eigenvalue weighted by Crippen LogP contribution is 2.38. The Morgan fingerprint density at radius 2 is 2.20 bits per heavy atom. The molecule has 3 rings (SSSR count). The molecule has 1 saturated heterocycles. The summed E-state index contributed by atoms with van der Waals surface area (Å²) in [6.07, 6.45) is 3.10. The van der Waals surface area contributed by atoms with E-state index in [4.69, 9.17) is 5.73 Å². The zero-order valence-electron chi connectivity index (χ0n) is 11.9. The number of thioether (sulfide) groups is 1. The van der Waals surface area contributed by atoms with E-state index in [1.54, 1.807) is 11.8 Å². The number of amides is 1. The van der Waals surface area contributed by atoms with E-state index in [1.165, 1.54) is 10.5 Å². The summed E-state index contributed by atoms with van der Waals surface area (Å²) >= 11 is 1.73. The van der Waals surface area contributed by atoms with Crippen molar-refractivity contribution in [3.63, 3.8) is 0 Å². The van der Waals surface area contributed by atoms with Gasteiger partial charge >= 0.3 is 0 Å². The second-order valence-electron chi connectivity index (χ2n) is 5.94. The number of benzene rings is 1. The predicted molar refractivity (Wildman–Crippen MR) is 82.7 cm³/mol. The summed E-state index contributed by atoms with van der Waals surface area (Å²) in [5.41, 5.74) is 7.11. The van der Waals surface area contributed by atoms with Gasteiger partial charge in [-0.2, -0.15) is 0 Å². The Balaban J connectivity index is 1.70. The lowest BCUT2D eigenvalue weighted by Gasteiger charge is -2.38. The van der Waals surface area contributed by atoms with E-state index in [1.807, 2.05) is 6.07 Å². The molecule has 2 N–H and O–H groups in total. The maximum absolute atomic E-state index is 12.8. The van der Waals surface area contributed by atoms with Crippen LogP contribution in [-0.4, -0.2) is 35.2 Å². The first-order valence-electron chi connectivity index (χ1n) is 7.44. The van der Waals surface area contributed by atoms with Crippen molar-refractivity contribution in [3.05, 3.63) is 29.8 Å². The van der Waals surface area contributed by atoms with Gasteiger partial charge in [-0.05, 0) is 50.3 Å². The fraction of sp³-hybridized carbons (Fsp3) is 0.562. The summed E-state index contributed by atoms with van der Waals surface area (Å²) in [4.78, 5) is 16.1. The second-order valence-corrected chi connectivity index (χ2v) is 7.18. The number of piperidine rings is 1. The molecule has 0 saturated carbocycles. The minimum absolute atomic E-state index is 0.0615. The standard InChI is InChI=1S/C16H22N2OS/c1-11-6-7-12(9-17)10-18(11)16(19)15-8-13-4-2-3-5-14(13)20-15/h2-5,11-12,15H,6-10,17H2,1H3. The Morgan fingerprint density at radius 3 is 2.95 bits per heavy atom. The zero-order chi connectivity index (χ0) is 14.1. The summed E-state index contributed by atoms with van der Waals surface area (Å²) in [6, 6.07) is 8.72. The summed E-state index contributed by atoms with van der Waals surface area (Å²) in [7, 11) is 0. The van der Waals surface area contributed by atoms with E-state index < -0.39 is 0 Å². The molecule has 4 heteroatoms. The predicted octanol–water partition coefficient (Wildman–Crippen LogP) is 2.29. The number of rotatable bonds is 2. The quantitative estimate of drug-likeness (QED) is 0.909. The molecule has 0 radical (unpaired) electrons. The molecule has 2 heterocycles. The highest BCUT2D eigenvalue weighted by Gasteiger charge is 2.35. The van der Waals surface area contributed by atoms with Crippen molar-refractivity contribution in [2.45, 2.75) is 42.4 Å². The molecular weight excluding hydrogens is 268 g/mol. The third-order valence-electron chi connectivity index (χ3n) is 4.52. The normalized spacial score (nSPS) is 29.3. The fourth-order valence-corrected chi connectivity index (χ4v) is 4.45. The van der Waals surface area contributed by atoms with Gasteiger partial charge in [0.15, 0.2) is 0 Å². The molecule has 3 atom stereocenters. The molecule has 1 fully saturated rings. The number of fused-ring (bicyclic) bond motifs is 1. The van der Waals surface area contributed by atoms with Crippen LogP contribution >= 0.6 is 11.8 Å². The summed E-state index contributed by atoms with van der Waals surface area (Å²) in [6.45, 7) is 3.69. The van der Waals surface area contributed by atoms with Crippen molar-refractivity contribution in [2.24, 2.45) is 11.7 Å². The highest BCUT2D eigenvalue weighted by molar-refractivity contribution is 8.01. The van der Waals surface area contributed by atoms with Gasteiger partial charge in [0, 0.05) is 17.5 Å². The third-order valence-corrected chi connectivity index (χ3v) is 5.82. The van der Waals surface area contributed by atoms with Crippen LogP contribution in [0, 0.1) is 5.92 Å². The molecule has 2 aliphatic rings. The van der Waals surface area contributed by atoms with Crippen molar-refractivity contribution in [1.82, 2.24) is 4.90 Å². The van der Waals surface area contributed by atoms with Crippen LogP contribution < -0.4 is 5.73 Å². The molecular formula is C16H22N2OS. The van der Waals surface area contributed by atoms with Crippen LogP contribution in [0.2, 0.25) is 0 Å². The van der Waals surface area contributed by atoms with Crippen LogP contribution in [0.5, 0.6) is 0 Å². The molecule has 3 unspecified atom stereocenters. The molecule has 20 heavy (non-hydrogen) atoms. The fourth-order valence-electron chi connectivity index (χ4n) is 3.19. The molecule has 0 aromatic heterocycles. The number of nitrogens with zero attached hydrogens (tertiary/aromatic N) is 1. The van der Waals surface area contributed by atoms with Gasteiger partial charge in [0.2, 0.25) is 5.91 Å². The topological polar surface area (TPSA) is 46.3 Å². The van der Waals surface area contributed by atoms with Gasteiger partial charge in [-0.3, -0.25) is 4.79 Å². The summed E-state index contributed by atoms with van der Waals surface area (Å²) < 4.78 is 0. The molecule has 2 aliphatic heterocycles. The monoisotopic (exact) mass is 290 g/mol. The average molecular weight is 290 g/mol. The van der Waals surface area contributed by atoms with Crippen molar-refractivity contribution < 1.29 is 4.79 Å². The molecule has 0 bridgehead atoms. The smallest absolute Gasteiger partial charge is 0.236 e. The maximum Gasteiger partial charge on any atom is 0.236 e. The van der Waals surface area contributed by atoms with E-state index in [0.717, 1.165) is 25.8 Å². The Kier molecular flexibility index (Phi) is 4.03. The summed E-state index contributed by atoms with van der Waals surface area (Å²) in [5, 5.41) is 0.0615. The number of carbonyl (C=O) groups excluding carboxylic acids is 1. The van der Waals surface area contributed by atoms with E-state index in [2.05, 4.69) is 30.0 Å². The van der Waals surface area contributed by atoms with Crippen molar-refractivity contribution in [1.29, 1.82) is 0 Å². The van der Waals surface area contributed by atoms with Crippen LogP contribution in [0.3, 0.4) is 0 Å². The lowest BCUT2D eigenvalue weighted by Crippen LogP contribution is -2.50. The van der Waals surface area contributed by atoms with Crippen LogP contribution in [-0.2, 0) is 11.2 Å². The minimum Gasteiger partial charge on any atom is -0.339 e. The van der Waals surface area contributed by atoms with Crippen LogP contribution in [0.15, 0.2) is 29.2 Å². The van der Waals surface area contributed by atoms with Gasteiger partial charge in [0.05, 0.1) is 5.25 Å².